The van der Waals surface area contributed by atoms with E-state index in [-0.39, 0.29) is 17.7 Å². The zero-order valence-electron chi connectivity index (χ0n) is 14.6. The molecule has 1 N–H and O–H groups in total. The molecule has 0 bridgehead atoms. The zero-order valence-corrected chi connectivity index (χ0v) is 14.6. The molecule has 1 aliphatic heterocycles. The molecular weight excluding hydrogens is 328 g/mol. The largest absolute Gasteiger partial charge is 0.497 e. The summed E-state index contributed by atoms with van der Waals surface area (Å²) >= 11 is 0. The Hall–Kier alpha value is -2.95. The van der Waals surface area contributed by atoms with Gasteiger partial charge in [-0.15, -0.1) is 0 Å². The minimum absolute atomic E-state index is 0.00373. The van der Waals surface area contributed by atoms with Crippen LogP contribution in [0.5, 0.6) is 5.75 Å². The van der Waals surface area contributed by atoms with Crippen molar-refractivity contribution in [3.63, 3.8) is 0 Å². The molecule has 2 aliphatic carbocycles. The minimum Gasteiger partial charge on any atom is -0.497 e. The third kappa shape index (κ3) is 3.01. The molecular formula is C21H20N2O3. The van der Waals surface area contributed by atoms with Crippen molar-refractivity contribution in [2.45, 2.75) is 25.7 Å². The van der Waals surface area contributed by atoms with Crippen LogP contribution in [0.4, 0.5) is 0 Å². The monoisotopic (exact) mass is 348 g/mol. The number of aliphatic imine (C=N–C) groups is 1. The molecule has 1 unspecified atom stereocenters. The van der Waals surface area contributed by atoms with Gasteiger partial charge in [0.05, 0.1) is 12.8 Å². The van der Waals surface area contributed by atoms with Gasteiger partial charge in [-0.1, -0.05) is 12.1 Å². The van der Waals surface area contributed by atoms with E-state index >= 15 is 0 Å². The average molecular weight is 348 g/mol. The fourth-order valence-corrected chi connectivity index (χ4v) is 3.76. The fraction of sp³-hybridized carbons (Fsp3) is 0.286. The van der Waals surface area contributed by atoms with Gasteiger partial charge in [0.1, 0.15) is 5.75 Å². The maximum atomic E-state index is 12.4. The Bertz CT molecular complexity index is 906. The topological polar surface area (TPSA) is 67.8 Å². The van der Waals surface area contributed by atoms with Crippen LogP contribution in [0, 0.1) is 5.92 Å². The highest BCUT2D eigenvalue weighted by atomic mass is 16.5. The summed E-state index contributed by atoms with van der Waals surface area (Å²) in [6.45, 7) is 0. The molecule has 1 heterocycles. The molecule has 5 nitrogen and oxygen atoms in total. The Balaban J connectivity index is 1.61. The van der Waals surface area contributed by atoms with Crippen LogP contribution in [0.15, 0.2) is 64.3 Å². The molecule has 1 atom stereocenters. The number of hydrogen-bond donors (Lipinski definition) is 1. The zero-order chi connectivity index (χ0) is 18.1. The first kappa shape index (κ1) is 16.5. The molecule has 0 spiro atoms. The quantitative estimate of drug-likeness (QED) is 0.891. The second-order valence-corrected chi connectivity index (χ2v) is 6.68. The predicted molar refractivity (Wildman–Crippen MR) is 99.1 cm³/mol. The molecule has 132 valence electrons. The third-order valence-electron chi connectivity index (χ3n) is 5.06. The van der Waals surface area contributed by atoms with Gasteiger partial charge in [-0.3, -0.25) is 9.59 Å². The van der Waals surface area contributed by atoms with Crippen LogP contribution in [0.25, 0.3) is 0 Å². The molecule has 4 rings (SSSR count). The molecule has 0 fully saturated rings. The van der Waals surface area contributed by atoms with Gasteiger partial charge in [-0.05, 0) is 61.6 Å². The van der Waals surface area contributed by atoms with E-state index in [1.807, 2.05) is 12.2 Å². The van der Waals surface area contributed by atoms with Gasteiger partial charge < -0.3 is 10.1 Å². The number of fused-ring (bicyclic) bond motifs is 2. The number of allylic oxidation sites excluding steroid dienone is 3. The standard InChI is InChI=1S/C21H20N2O3/c1-26-15-6-4-5-13(11-15)20(24)22-14-9-10-17-16-7-2-3-8-18(16)21(25)23-19(17)12-14/h4-6,9-12,17H,2-3,7-8H2,1H3,(H,23,25). The van der Waals surface area contributed by atoms with Crippen molar-refractivity contribution in [3.8, 4) is 5.75 Å². The molecule has 2 amide bonds. The first-order valence-electron chi connectivity index (χ1n) is 8.86. The van der Waals surface area contributed by atoms with Crippen molar-refractivity contribution in [3.05, 3.63) is 64.9 Å². The lowest BCUT2D eigenvalue weighted by atomic mass is 9.77. The molecule has 26 heavy (non-hydrogen) atoms. The number of ether oxygens (including phenoxy) is 1. The number of benzene rings is 1. The van der Waals surface area contributed by atoms with Gasteiger partial charge in [0.25, 0.3) is 11.8 Å². The molecule has 5 heteroatoms. The maximum Gasteiger partial charge on any atom is 0.277 e. The van der Waals surface area contributed by atoms with E-state index in [1.165, 1.54) is 5.57 Å². The van der Waals surface area contributed by atoms with Crippen molar-refractivity contribution in [1.29, 1.82) is 0 Å². The normalized spacial score (nSPS) is 23.1. The first-order valence-corrected chi connectivity index (χ1v) is 8.86. The SMILES string of the molecule is COc1cccc(C(=O)N=C2C=CC3C(=C2)NC(=O)C2=C3CCCC2)c1. The summed E-state index contributed by atoms with van der Waals surface area (Å²) in [6.07, 6.45) is 9.72. The first-order chi connectivity index (χ1) is 12.7. The Morgan fingerprint density at radius 3 is 2.96 bits per heavy atom. The predicted octanol–water partition coefficient (Wildman–Crippen LogP) is 3.35. The Morgan fingerprint density at radius 2 is 2.12 bits per heavy atom. The summed E-state index contributed by atoms with van der Waals surface area (Å²) in [5.74, 6) is 0.383. The van der Waals surface area contributed by atoms with Gasteiger partial charge in [0, 0.05) is 22.8 Å². The average Bonchev–Trinajstić information content (AvgIpc) is 2.68. The lowest BCUT2D eigenvalue weighted by Crippen LogP contribution is -2.37. The Labute approximate surface area is 152 Å². The number of rotatable bonds is 2. The van der Waals surface area contributed by atoms with Crippen molar-refractivity contribution < 1.29 is 14.3 Å². The molecule has 1 aromatic carbocycles. The minimum atomic E-state index is -0.335. The Morgan fingerprint density at radius 1 is 1.27 bits per heavy atom. The van der Waals surface area contributed by atoms with Crippen LogP contribution in [0.2, 0.25) is 0 Å². The number of carbonyl (C=O) groups excluding carboxylic acids is 2. The van der Waals surface area contributed by atoms with Crippen LogP contribution >= 0.6 is 0 Å². The summed E-state index contributed by atoms with van der Waals surface area (Å²) in [7, 11) is 1.56. The van der Waals surface area contributed by atoms with Crippen LogP contribution in [-0.4, -0.2) is 24.6 Å². The summed E-state index contributed by atoms with van der Waals surface area (Å²) < 4.78 is 5.15. The summed E-state index contributed by atoms with van der Waals surface area (Å²) in [6, 6.07) is 6.91. The lowest BCUT2D eigenvalue weighted by Gasteiger charge is -2.33. The molecule has 0 aromatic heterocycles. The van der Waals surface area contributed by atoms with E-state index in [0.29, 0.717) is 17.0 Å². The summed E-state index contributed by atoms with van der Waals surface area (Å²) in [4.78, 5) is 29.0. The molecule has 0 saturated heterocycles. The number of amides is 2. The van der Waals surface area contributed by atoms with Crippen LogP contribution in [0.3, 0.4) is 0 Å². The highest BCUT2D eigenvalue weighted by molar-refractivity contribution is 6.14. The van der Waals surface area contributed by atoms with Gasteiger partial charge in [-0.25, -0.2) is 4.99 Å². The van der Waals surface area contributed by atoms with E-state index in [0.717, 1.165) is 37.0 Å². The smallest absolute Gasteiger partial charge is 0.277 e. The lowest BCUT2D eigenvalue weighted by molar-refractivity contribution is -0.117. The van der Waals surface area contributed by atoms with E-state index < -0.39 is 0 Å². The maximum absolute atomic E-state index is 12.4. The molecule has 0 radical (unpaired) electrons. The van der Waals surface area contributed by atoms with Crippen LogP contribution < -0.4 is 10.1 Å². The van der Waals surface area contributed by atoms with Crippen LogP contribution in [0.1, 0.15) is 36.0 Å². The highest BCUT2D eigenvalue weighted by Crippen LogP contribution is 2.38. The number of nitrogens with one attached hydrogen (secondary N) is 1. The van der Waals surface area contributed by atoms with Crippen molar-refractivity contribution >= 4 is 17.5 Å². The van der Waals surface area contributed by atoms with Gasteiger partial charge in [-0.2, -0.15) is 0 Å². The number of hydrogen-bond acceptors (Lipinski definition) is 3. The van der Waals surface area contributed by atoms with E-state index in [9.17, 15) is 9.59 Å². The number of nitrogens with zero attached hydrogens (tertiary/aromatic N) is 1. The number of methoxy groups -OCH3 is 1. The van der Waals surface area contributed by atoms with Gasteiger partial charge in [0.15, 0.2) is 0 Å². The highest BCUT2D eigenvalue weighted by Gasteiger charge is 2.33. The fourth-order valence-electron chi connectivity index (χ4n) is 3.76. The van der Waals surface area contributed by atoms with Gasteiger partial charge in [0.2, 0.25) is 0 Å². The molecule has 1 aromatic rings. The second-order valence-electron chi connectivity index (χ2n) is 6.68. The number of carbonyl (C=O) groups is 2. The second kappa shape index (κ2) is 6.75. The van der Waals surface area contributed by atoms with E-state index in [2.05, 4.69) is 10.3 Å². The van der Waals surface area contributed by atoms with E-state index in [4.69, 9.17) is 4.74 Å². The molecule has 3 aliphatic rings. The Kier molecular flexibility index (Phi) is 4.29. The van der Waals surface area contributed by atoms with Crippen molar-refractivity contribution in [2.24, 2.45) is 10.9 Å². The summed E-state index contributed by atoms with van der Waals surface area (Å²) in [5, 5.41) is 2.98. The molecule has 0 saturated carbocycles. The van der Waals surface area contributed by atoms with E-state index in [1.54, 1.807) is 37.5 Å². The van der Waals surface area contributed by atoms with Crippen molar-refractivity contribution in [2.75, 3.05) is 7.11 Å². The summed E-state index contributed by atoms with van der Waals surface area (Å²) in [5.41, 5.74) is 3.99. The van der Waals surface area contributed by atoms with Crippen molar-refractivity contribution in [1.82, 2.24) is 5.32 Å². The van der Waals surface area contributed by atoms with Crippen LogP contribution in [-0.2, 0) is 4.79 Å². The third-order valence-corrected chi connectivity index (χ3v) is 5.06. The van der Waals surface area contributed by atoms with Gasteiger partial charge >= 0.3 is 0 Å².